The number of nitrogens with one attached hydrogen (secondary N) is 2. The van der Waals surface area contributed by atoms with E-state index in [1.165, 1.54) is 32.4 Å². The van der Waals surface area contributed by atoms with Crippen LogP contribution in [0.3, 0.4) is 0 Å². The maximum Gasteiger partial charge on any atom is 0.240 e. The van der Waals surface area contributed by atoms with Crippen LogP contribution in [0.5, 0.6) is 17.2 Å². The Bertz CT molecular complexity index is 1020. The molecule has 0 aliphatic carbocycles. The minimum Gasteiger partial charge on any atom is -0.493 e. The van der Waals surface area contributed by atoms with Crippen LogP contribution in [0.2, 0.25) is 0 Å². The number of carbonyl (C=O) groups excluding carboxylic acids is 1. The molecule has 0 bridgehead atoms. The van der Waals surface area contributed by atoms with E-state index < -0.39 is 10.0 Å². The molecule has 1 atom stereocenters. The van der Waals surface area contributed by atoms with E-state index in [9.17, 15) is 13.2 Å². The molecule has 2 N–H and O–H groups in total. The van der Waals surface area contributed by atoms with Gasteiger partial charge >= 0.3 is 0 Å². The smallest absolute Gasteiger partial charge is 0.240 e. The standard InChI is InChI=1S/C22H28N2O7S/c1-28-20-9-8-19(14-21(20)29-2)32(26,27)23-11-10-22(25)24-16-5-3-6-17(13-16)31-15-18-7-4-12-30-18/h3,5-6,8-9,13-14,18,23H,4,7,10-12,15H2,1-2H3,(H,24,25). The minimum atomic E-state index is -3.81. The summed E-state index contributed by atoms with van der Waals surface area (Å²) in [6.45, 7) is 1.17. The Morgan fingerprint density at radius 1 is 1.12 bits per heavy atom. The van der Waals surface area contributed by atoms with Crippen molar-refractivity contribution in [2.45, 2.75) is 30.3 Å². The van der Waals surface area contributed by atoms with Gasteiger partial charge in [0.1, 0.15) is 12.4 Å². The van der Waals surface area contributed by atoms with Crippen LogP contribution in [0.1, 0.15) is 19.3 Å². The third-order valence-corrected chi connectivity index (χ3v) is 6.35. The second kappa shape index (κ2) is 11.2. The predicted molar refractivity (Wildman–Crippen MR) is 119 cm³/mol. The van der Waals surface area contributed by atoms with Gasteiger partial charge in [-0.15, -0.1) is 0 Å². The topological polar surface area (TPSA) is 112 Å². The van der Waals surface area contributed by atoms with Crippen LogP contribution >= 0.6 is 0 Å². The zero-order valence-electron chi connectivity index (χ0n) is 18.1. The average molecular weight is 465 g/mol. The highest BCUT2D eigenvalue weighted by molar-refractivity contribution is 7.89. The third-order valence-electron chi connectivity index (χ3n) is 4.89. The molecule has 1 heterocycles. The summed E-state index contributed by atoms with van der Waals surface area (Å²) in [5.74, 6) is 1.03. The van der Waals surface area contributed by atoms with Gasteiger partial charge in [0.15, 0.2) is 11.5 Å². The van der Waals surface area contributed by atoms with Crippen molar-refractivity contribution >= 4 is 21.6 Å². The molecular formula is C22H28N2O7S. The van der Waals surface area contributed by atoms with Crippen LogP contribution in [0, 0.1) is 0 Å². The first-order valence-electron chi connectivity index (χ1n) is 10.3. The Morgan fingerprint density at radius 2 is 1.94 bits per heavy atom. The summed E-state index contributed by atoms with van der Waals surface area (Å²) in [7, 11) is -0.914. The largest absolute Gasteiger partial charge is 0.493 e. The van der Waals surface area contributed by atoms with Gasteiger partial charge in [0.25, 0.3) is 0 Å². The molecule has 1 amide bonds. The molecule has 1 aliphatic rings. The van der Waals surface area contributed by atoms with Crippen LogP contribution in [-0.2, 0) is 19.6 Å². The number of carbonyl (C=O) groups is 1. The van der Waals surface area contributed by atoms with E-state index in [4.69, 9.17) is 18.9 Å². The molecule has 0 spiro atoms. The summed E-state index contributed by atoms with van der Waals surface area (Å²) in [6.07, 6.45) is 2.09. The lowest BCUT2D eigenvalue weighted by Gasteiger charge is -2.13. The van der Waals surface area contributed by atoms with Crippen molar-refractivity contribution in [2.24, 2.45) is 0 Å². The molecule has 1 fully saturated rings. The molecule has 0 radical (unpaired) electrons. The van der Waals surface area contributed by atoms with Gasteiger partial charge in [-0.3, -0.25) is 4.79 Å². The minimum absolute atomic E-state index is 0.0200. The lowest BCUT2D eigenvalue weighted by Crippen LogP contribution is -2.27. The Kier molecular flexibility index (Phi) is 8.32. The van der Waals surface area contributed by atoms with Gasteiger partial charge in [-0.25, -0.2) is 13.1 Å². The second-order valence-electron chi connectivity index (χ2n) is 7.19. The molecule has 3 rings (SSSR count). The summed E-state index contributed by atoms with van der Waals surface area (Å²) in [5, 5.41) is 2.75. The van der Waals surface area contributed by atoms with Crippen molar-refractivity contribution in [3.8, 4) is 17.2 Å². The summed E-state index contributed by atoms with van der Waals surface area (Å²) in [6, 6.07) is 11.3. The fourth-order valence-electron chi connectivity index (χ4n) is 3.22. The van der Waals surface area contributed by atoms with Crippen molar-refractivity contribution < 1.29 is 32.2 Å². The fourth-order valence-corrected chi connectivity index (χ4v) is 4.26. The molecule has 0 aromatic heterocycles. The second-order valence-corrected chi connectivity index (χ2v) is 8.95. The van der Waals surface area contributed by atoms with Crippen LogP contribution in [0.25, 0.3) is 0 Å². The van der Waals surface area contributed by atoms with E-state index in [0.29, 0.717) is 29.5 Å². The first-order chi connectivity index (χ1) is 15.4. The van der Waals surface area contributed by atoms with E-state index in [0.717, 1.165) is 19.4 Å². The number of ether oxygens (including phenoxy) is 4. The van der Waals surface area contributed by atoms with E-state index in [2.05, 4.69) is 10.0 Å². The monoisotopic (exact) mass is 464 g/mol. The highest BCUT2D eigenvalue weighted by Gasteiger charge is 2.18. The molecular weight excluding hydrogens is 436 g/mol. The SMILES string of the molecule is COc1ccc(S(=O)(=O)NCCC(=O)Nc2cccc(OCC3CCCO3)c2)cc1OC. The van der Waals surface area contributed by atoms with Gasteiger partial charge in [0.2, 0.25) is 15.9 Å². The van der Waals surface area contributed by atoms with Crippen LogP contribution in [0.15, 0.2) is 47.4 Å². The zero-order chi connectivity index (χ0) is 23.0. The number of hydrogen-bond donors (Lipinski definition) is 2. The van der Waals surface area contributed by atoms with Crippen molar-refractivity contribution in [1.29, 1.82) is 0 Å². The molecule has 10 heteroatoms. The van der Waals surface area contributed by atoms with Crippen LogP contribution in [0.4, 0.5) is 5.69 Å². The number of hydrogen-bond acceptors (Lipinski definition) is 7. The number of amides is 1. The van der Waals surface area contributed by atoms with E-state index in [-0.39, 0.29) is 29.9 Å². The van der Waals surface area contributed by atoms with Crippen molar-refractivity contribution in [3.63, 3.8) is 0 Å². The van der Waals surface area contributed by atoms with Crippen molar-refractivity contribution in [2.75, 3.05) is 39.3 Å². The predicted octanol–water partition coefficient (Wildman–Crippen LogP) is 2.57. The van der Waals surface area contributed by atoms with E-state index >= 15 is 0 Å². The maximum absolute atomic E-state index is 12.5. The molecule has 9 nitrogen and oxygen atoms in total. The Hall–Kier alpha value is -2.82. The lowest BCUT2D eigenvalue weighted by atomic mass is 10.2. The molecule has 2 aromatic rings. The quantitative estimate of drug-likeness (QED) is 0.526. The van der Waals surface area contributed by atoms with Gasteiger partial charge in [-0.05, 0) is 37.1 Å². The molecule has 2 aromatic carbocycles. The molecule has 0 saturated carbocycles. The van der Waals surface area contributed by atoms with Gasteiger partial charge in [-0.2, -0.15) is 0 Å². The Labute approximate surface area is 188 Å². The van der Waals surface area contributed by atoms with Crippen molar-refractivity contribution in [3.05, 3.63) is 42.5 Å². The van der Waals surface area contributed by atoms with Gasteiger partial charge in [0.05, 0.1) is 25.2 Å². The van der Waals surface area contributed by atoms with Crippen molar-refractivity contribution in [1.82, 2.24) is 4.72 Å². The summed E-state index contributed by atoms with van der Waals surface area (Å²) in [5.41, 5.74) is 0.572. The third kappa shape index (κ3) is 6.59. The number of sulfonamides is 1. The van der Waals surface area contributed by atoms with Gasteiger partial charge in [0, 0.05) is 37.4 Å². The van der Waals surface area contributed by atoms with Gasteiger partial charge < -0.3 is 24.3 Å². The molecule has 1 unspecified atom stereocenters. The molecule has 1 aliphatic heterocycles. The normalized spacial score (nSPS) is 15.9. The maximum atomic E-state index is 12.5. The molecule has 1 saturated heterocycles. The number of methoxy groups -OCH3 is 2. The summed E-state index contributed by atoms with van der Waals surface area (Å²) in [4.78, 5) is 12.3. The van der Waals surface area contributed by atoms with Crippen LogP contribution in [-0.4, -0.2) is 54.4 Å². The highest BCUT2D eigenvalue weighted by Crippen LogP contribution is 2.29. The van der Waals surface area contributed by atoms with E-state index in [1.54, 1.807) is 18.2 Å². The number of rotatable bonds is 11. The molecule has 32 heavy (non-hydrogen) atoms. The Balaban J connectivity index is 1.49. The first kappa shape index (κ1) is 23.8. The molecule has 174 valence electrons. The zero-order valence-corrected chi connectivity index (χ0v) is 18.9. The number of anilines is 1. The van der Waals surface area contributed by atoms with Gasteiger partial charge in [-0.1, -0.05) is 6.07 Å². The summed E-state index contributed by atoms with van der Waals surface area (Å²) >= 11 is 0. The first-order valence-corrected chi connectivity index (χ1v) is 11.8. The van der Waals surface area contributed by atoms with Crippen LogP contribution < -0.4 is 24.2 Å². The highest BCUT2D eigenvalue weighted by atomic mass is 32.2. The van der Waals surface area contributed by atoms with E-state index in [1.807, 2.05) is 6.07 Å². The lowest BCUT2D eigenvalue weighted by molar-refractivity contribution is -0.116. The average Bonchev–Trinajstić information content (AvgIpc) is 3.31. The fraction of sp³-hybridized carbons (Fsp3) is 0.409. The Morgan fingerprint density at radius 3 is 2.66 bits per heavy atom. The summed E-state index contributed by atoms with van der Waals surface area (Å²) < 4.78 is 48.9. The number of benzene rings is 2.